The number of halogens is 3. The molecular formula is C12H12F3NO. The second kappa shape index (κ2) is 4.49. The van der Waals surface area contributed by atoms with Gasteiger partial charge in [0.05, 0.1) is 5.56 Å². The van der Waals surface area contributed by atoms with Gasteiger partial charge in [-0.25, -0.2) is 13.2 Å². The summed E-state index contributed by atoms with van der Waals surface area (Å²) in [5, 5.41) is 3.05. The first-order valence-electron chi connectivity index (χ1n) is 5.43. The lowest BCUT2D eigenvalue weighted by atomic mass is 9.91. The molecule has 1 aromatic rings. The predicted octanol–water partition coefficient (Wildman–Crippen LogP) is 2.28. The molecule has 0 spiro atoms. The Hall–Kier alpha value is -1.36. The molecule has 0 radical (unpaired) electrons. The van der Waals surface area contributed by atoms with E-state index in [1.807, 2.05) is 6.92 Å². The van der Waals surface area contributed by atoms with Gasteiger partial charge >= 0.3 is 0 Å². The smallest absolute Gasteiger partial charge is 0.195 e. The van der Waals surface area contributed by atoms with Gasteiger partial charge in [0.1, 0.15) is 0 Å². The van der Waals surface area contributed by atoms with Crippen LogP contribution in [0.4, 0.5) is 13.2 Å². The minimum atomic E-state index is -1.59. The van der Waals surface area contributed by atoms with Crippen LogP contribution in [0.25, 0.3) is 0 Å². The van der Waals surface area contributed by atoms with Crippen molar-refractivity contribution in [2.45, 2.75) is 19.4 Å². The highest BCUT2D eigenvalue weighted by Crippen LogP contribution is 2.24. The van der Waals surface area contributed by atoms with Crippen LogP contribution in [0.15, 0.2) is 12.1 Å². The van der Waals surface area contributed by atoms with E-state index in [0.29, 0.717) is 13.0 Å². The Morgan fingerprint density at radius 3 is 2.59 bits per heavy atom. The van der Waals surface area contributed by atoms with Gasteiger partial charge in [0.2, 0.25) is 0 Å². The number of nitrogens with one attached hydrogen (secondary N) is 1. The Morgan fingerprint density at radius 2 is 2.00 bits per heavy atom. The maximum absolute atomic E-state index is 13.4. The summed E-state index contributed by atoms with van der Waals surface area (Å²) in [6, 6.07) is 1.70. The summed E-state index contributed by atoms with van der Waals surface area (Å²) in [6.45, 7) is 2.48. The Labute approximate surface area is 96.8 Å². The van der Waals surface area contributed by atoms with Crippen LogP contribution < -0.4 is 5.32 Å². The van der Waals surface area contributed by atoms with Gasteiger partial charge in [-0.2, -0.15) is 0 Å². The maximum Gasteiger partial charge on any atom is 0.195 e. The molecule has 1 aromatic carbocycles. The molecule has 1 heterocycles. The number of hydrogen-bond donors (Lipinski definition) is 1. The summed E-state index contributed by atoms with van der Waals surface area (Å²) >= 11 is 0. The topological polar surface area (TPSA) is 29.1 Å². The zero-order chi connectivity index (χ0) is 12.6. The Kier molecular flexibility index (Phi) is 3.19. The Balaban J connectivity index is 2.34. The summed E-state index contributed by atoms with van der Waals surface area (Å²) < 4.78 is 39.2. The van der Waals surface area contributed by atoms with Crippen LogP contribution in [0.5, 0.6) is 0 Å². The first-order valence-corrected chi connectivity index (χ1v) is 5.43. The van der Waals surface area contributed by atoms with Crippen LogP contribution in [0.1, 0.15) is 23.7 Å². The number of rotatable bonds is 2. The van der Waals surface area contributed by atoms with E-state index >= 15 is 0 Å². The van der Waals surface area contributed by atoms with E-state index in [4.69, 9.17) is 0 Å². The largest absolute Gasteiger partial charge is 0.313 e. The molecule has 17 heavy (non-hydrogen) atoms. The van der Waals surface area contributed by atoms with E-state index in [2.05, 4.69) is 5.32 Å². The minimum absolute atomic E-state index is 0.0741. The first kappa shape index (κ1) is 12.1. The standard InChI is InChI=1S/C12H12F3NO/c1-6-7(4-5-16-6)12(17)8-2-3-9(13)11(15)10(8)14/h2-3,6-7,16H,4-5H2,1H3. The lowest BCUT2D eigenvalue weighted by Gasteiger charge is -2.14. The Morgan fingerprint density at radius 1 is 1.29 bits per heavy atom. The monoisotopic (exact) mass is 243 g/mol. The van der Waals surface area contributed by atoms with E-state index in [0.717, 1.165) is 12.1 Å². The molecule has 2 unspecified atom stereocenters. The van der Waals surface area contributed by atoms with E-state index in [1.54, 1.807) is 0 Å². The summed E-state index contributed by atoms with van der Waals surface area (Å²) in [5.74, 6) is -5.12. The van der Waals surface area contributed by atoms with Crippen LogP contribution in [-0.4, -0.2) is 18.4 Å². The highest BCUT2D eigenvalue weighted by Gasteiger charge is 2.32. The SMILES string of the molecule is CC1NCCC1C(=O)c1ccc(F)c(F)c1F. The second-order valence-electron chi connectivity index (χ2n) is 4.23. The van der Waals surface area contributed by atoms with Gasteiger partial charge in [-0.15, -0.1) is 0 Å². The van der Waals surface area contributed by atoms with E-state index in [-0.39, 0.29) is 17.5 Å². The van der Waals surface area contributed by atoms with Gasteiger partial charge in [0.15, 0.2) is 23.2 Å². The maximum atomic E-state index is 13.4. The summed E-state index contributed by atoms with van der Waals surface area (Å²) in [6.07, 6.45) is 0.582. The number of benzene rings is 1. The fourth-order valence-corrected chi connectivity index (χ4v) is 2.13. The first-order chi connectivity index (χ1) is 8.02. The molecule has 2 rings (SSSR count). The van der Waals surface area contributed by atoms with Crippen molar-refractivity contribution in [3.05, 3.63) is 35.1 Å². The molecule has 1 fully saturated rings. The molecular weight excluding hydrogens is 231 g/mol. The predicted molar refractivity (Wildman–Crippen MR) is 56.2 cm³/mol. The number of carbonyl (C=O) groups is 1. The lowest BCUT2D eigenvalue weighted by molar-refractivity contribution is 0.0908. The molecule has 1 saturated heterocycles. The third-order valence-corrected chi connectivity index (χ3v) is 3.16. The number of Topliss-reactive ketones (excluding diaryl/α,β-unsaturated/α-hetero) is 1. The molecule has 0 aliphatic carbocycles. The summed E-state index contributed by atoms with van der Waals surface area (Å²) in [5.41, 5.74) is -0.371. The molecule has 2 nitrogen and oxygen atoms in total. The van der Waals surface area contributed by atoms with Crippen LogP contribution in [0, 0.1) is 23.4 Å². The van der Waals surface area contributed by atoms with Crippen LogP contribution >= 0.6 is 0 Å². The fourth-order valence-electron chi connectivity index (χ4n) is 2.13. The van der Waals surface area contributed by atoms with Crippen molar-refractivity contribution in [3.63, 3.8) is 0 Å². The lowest BCUT2D eigenvalue weighted by Crippen LogP contribution is -2.28. The van der Waals surface area contributed by atoms with Gasteiger partial charge in [-0.1, -0.05) is 0 Å². The molecule has 1 aliphatic rings. The van der Waals surface area contributed by atoms with Crippen LogP contribution in [0.3, 0.4) is 0 Å². The normalized spacial score (nSPS) is 24.0. The van der Waals surface area contributed by atoms with Crippen molar-refractivity contribution in [1.29, 1.82) is 0 Å². The van der Waals surface area contributed by atoms with E-state index in [9.17, 15) is 18.0 Å². The highest BCUT2D eigenvalue weighted by molar-refractivity contribution is 5.98. The molecule has 5 heteroatoms. The third-order valence-electron chi connectivity index (χ3n) is 3.16. The molecule has 1 aliphatic heterocycles. The fraction of sp³-hybridized carbons (Fsp3) is 0.417. The molecule has 2 atom stereocenters. The summed E-state index contributed by atoms with van der Waals surface area (Å²) in [7, 11) is 0. The number of hydrogen-bond acceptors (Lipinski definition) is 2. The van der Waals surface area contributed by atoms with E-state index < -0.39 is 23.2 Å². The zero-order valence-electron chi connectivity index (χ0n) is 9.27. The molecule has 92 valence electrons. The van der Waals surface area contributed by atoms with Gasteiger partial charge in [-0.3, -0.25) is 4.79 Å². The highest BCUT2D eigenvalue weighted by atomic mass is 19.2. The van der Waals surface area contributed by atoms with Gasteiger partial charge in [0.25, 0.3) is 0 Å². The average molecular weight is 243 g/mol. The quantitative estimate of drug-likeness (QED) is 0.637. The third kappa shape index (κ3) is 2.07. The molecule has 0 saturated carbocycles. The molecule has 0 aromatic heterocycles. The number of ketones is 1. The van der Waals surface area contributed by atoms with Gasteiger partial charge < -0.3 is 5.32 Å². The van der Waals surface area contributed by atoms with Crippen molar-refractivity contribution in [3.8, 4) is 0 Å². The molecule has 0 amide bonds. The van der Waals surface area contributed by atoms with Gasteiger partial charge in [-0.05, 0) is 32.0 Å². The van der Waals surface area contributed by atoms with Crippen molar-refractivity contribution < 1.29 is 18.0 Å². The summed E-state index contributed by atoms with van der Waals surface area (Å²) in [4.78, 5) is 12.0. The van der Waals surface area contributed by atoms with Crippen molar-refractivity contribution in [2.75, 3.05) is 6.54 Å². The van der Waals surface area contributed by atoms with E-state index in [1.165, 1.54) is 0 Å². The second-order valence-corrected chi connectivity index (χ2v) is 4.23. The zero-order valence-corrected chi connectivity index (χ0v) is 9.27. The van der Waals surface area contributed by atoms with Crippen molar-refractivity contribution in [1.82, 2.24) is 5.32 Å². The minimum Gasteiger partial charge on any atom is -0.313 e. The van der Waals surface area contributed by atoms with Crippen LogP contribution in [-0.2, 0) is 0 Å². The Bertz CT molecular complexity index is 461. The molecule has 1 N–H and O–H groups in total. The molecule has 0 bridgehead atoms. The van der Waals surface area contributed by atoms with Crippen molar-refractivity contribution in [2.24, 2.45) is 5.92 Å². The number of carbonyl (C=O) groups excluding carboxylic acids is 1. The van der Waals surface area contributed by atoms with Crippen LogP contribution in [0.2, 0.25) is 0 Å². The van der Waals surface area contributed by atoms with Crippen molar-refractivity contribution >= 4 is 5.78 Å². The van der Waals surface area contributed by atoms with Gasteiger partial charge in [0, 0.05) is 12.0 Å². The average Bonchev–Trinajstić information content (AvgIpc) is 2.72.